The number of fused-ring (bicyclic) bond motifs is 1. The average molecular weight is 390 g/mol. The van der Waals surface area contributed by atoms with Crippen LogP contribution in [0.1, 0.15) is 42.9 Å². The zero-order valence-electron chi connectivity index (χ0n) is 14.8. The number of nitrogens with zero attached hydrogens (tertiary/aromatic N) is 1. The molecule has 0 amide bonds. The largest absolute Gasteiger partial charge is 0.481 e. The molecule has 136 valence electrons. The molecule has 0 saturated heterocycles. The molecule has 3 nitrogen and oxygen atoms in total. The van der Waals surface area contributed by atoms with Gasteiger partial charge in [-0.3, -0.25) is 4.79 Å². The number of aryl methyl sites for hydroxylation is 1. The van der Waals surface area contributed by atoms with E-state index < -0.39 is 5.97 Å². The highest BCUT2D eigenvalue weighted by Gasteiger charge is 2.16. The Morgan fingerprint density at radius 3 is 2.58 bits per heavy atom. The molecule has 1 aromatic heterocycles. The van der Waals surface area contributed by atoms with Gasteiger partial charge in [0.15, 0.2) is 0 Å². The molecule has 0 atom stereocenters. The lowest BCUT2D eigenvalue weighted by Crippen LogP contribution is -2.03. The zero-order chi connectivity index (χ0) is 18.8. The summed E-state index contributed by atoms with van der Waals surface area (Å²) in [5.74, 6) is -0.417. The van der Waals surface area contributed by atoms with Gasteiger partial charge in [-0.25, -0.2) is 0 Å². The Bertz CT molecular complexity index is 960. The molecule has 5 heteroatoms. The highest BCUT2D eigenvalue weighted by molar-refractivity contribution is 6.35. The van der Waals surface area contributed by atoms with Crippen LogP contribution in [0.5, 0.6) is 0 Å². The second-order valence-corrected chi connectivity index (χ2v) is 7.65. The van der Waals surface area contributed by atoms with Gasteiger partial charge in [-0.2, -0.15) is 0 Å². The number of para-hydroxylation sites is 1. The number of hydrogen-bond acceptors (Lipinski definition) is 1. The van der Waals surface area contributed by atoms with E-state index >= 15 is 0 Å². The van der Waals surface area contributed by atoms with E-state index in [0.29, 0.717) is 28.9 Å². The van der Waals surface area contributed by atoms with Crippen molar-refractivity contribution in [3.8, 4) is 0 Å². The Morgan fingerprint density at radius 1 is 1.15 bits per heavy atom. The van der Waals surface area contributed by atoms with Crippen LogP contribution in [-0.4, -0.2) is 15.6 Å². The SMILES string of the molecule is CC(C)c1cn(Cc2ccc(Cl)cc2Cl)c2c(CCC(=O)O)cccc12. The summed E-state index contributed by atoms with van der Waals surface area (Å²) in [6.45, 7) is 4.94. The number of hydrogen-bond donors (Lipinski definition) is 1. The molecule has 26 heavy (non-hydrogen) atoms. The van der Waals surface area contributed by atoms with Gasteiger partial charge in [0, 0.05) is 34.6 Å². The molecule has 2 aromatic carbocycles. The number of halogens is 2. The molecule has 3 rings (SSSR count). The molecule has 0 spiro atoms. The maximum Gasteiger partial charge on any atom is 0.303 e. The first-order valence-electron chi connectivity index (χ1n) is 8.63. The number of carboxylic acids is 1. The van der Waals surface area contributed by atoms with Crippen molar-refractivity contribution in [3.05, 3.63) is 69.3 Å². The number of carbonyl (C=O) groups is 1. The van der Waals surface area contributed by atoms with Gasteiger partial charge in [0.25, 0.3) is 0 Å². The fraction of sp³-hybridized carbons (Fsp3) is 0.286. The van der Waals surface area contributed by atoms with Gasteiger partial charge >= 0.3 is 5.97 Å². The smallest absolute Gasteiger partial charge is 0.303 e. The maximum absolute atomic E-state index is 11.0. The van der Waals surface area contributed by atoms with Crippen LogP contribution in [0.3, 0.4) is 0 Å². The molecule has 0 fully saturated rings. The predicted molar refractivity (Wildman–Crippen MR) is 108 cm³/mol. The van der Waals surface area contributed by atoms with Crippen LogP contribution in [-0.2, 0) is 17.8 Å². The van der Waals surface area contributed by atoms with Gasteiger partial charge in [0.2, 0.25) is 0 Å². The summed E-state index contributed by atoms with van der Waals surface area (Å²) in [6.07, 6.45) is 2.77. The van der Waals surface area contributed by atoms with Crippen molar-refractivity contribution in [2.75, 3.05) is 0 Å². The van der Waals surface area contributed by atoms with Gasteiger partial charge in [0.05, 0.1) is 5.52 Å². The number of rotatable bonds is 6. The van der Waals surface area contributed by atoms with E-state index in [1.54, 1.807) is 6.07 Å². The van der Waals surface area contributed by atoms with Crippen molar-refractivity contribution in [1.82, 2.24) is 4.57 Å². The van der Waals surface area contributed by atoms with Crippen LogP contribution >= 0.6 is 23.2 Å². The number of aromatic nitrogens is 1. The Morgan fingerprint density at radius 2 is 1.92 bits per heavy atom. The molecular formula is C21H21Cl2NO2. The fourth-order valence-corrected chi connectivity index (χ4v) is 3.80. The zero-order valence-corrected chi connectivity index (χ0v) is 16.3. The minimum absolute atomic E-state index is 0.114. The highest BCUT2D eigenvalue weighted by Crippen LogP contribution is 2.32. The Hall–Kier alpha value is -1.97. The monoisotopic (exact) mass is 389 g/mol. The Kier molecular flexibility index (Phi) is 5.59. The molecule has 0 aliphatic carbocycles. The summed E-state index contributed by atoms with van der Waals surface area (Å²) in [5, 5.41) is 11.5. The van der Waals surface area contributed by atoms with Crippen LogP contribution in [0.25, 0.3) is 10.9 Å². The minimum atomic E-state index is -0.787. The maximum atomic E-state index is 11.0. The Labute approximate surface area is 163 Å². The second kappa shape index (κ2) is 7.73. The molecule has 0 saturated carbocycles. The highest BCUT2D eigenvalue weighted by atomic mass is 35.5. The standard InChI is InChI=1S/C21H21Cl2NO2/c1-13(2)18-12-24(11-15-6-8-16(22)10-19(15)23)21-14(7-9-20(25)26)4-3-5-17(18)21/h3-6,8,10,12-13H,7,9,11H2,1-2H3,(H,25,26). The third-order valence-corrected chi connectivity index (χ3v) is 5.19. The van der Waals surface area contributed by atoms with Crippen molar-refractivity contribution in [1.29, 1.82) is 0 Å². The Balaban J connectivity index is 2.12. The van der Waals surface area contributed by atoms with E-state index in [9.17, 15) is 4.79 Å². The molecular weight excluding hydrogens is 369 g/mol. The molecule has 0 aliphatic heterocycles. The lowest BCUT2D eigenvalue weighted by Gasteiger charge is -2.11. The molecule has 1 heterocycles. The first-order chi connectivity index (χ1) is 12.4. The van der Waals surface area contributed by atoms with E-state index in [0.717, 1.165) is 16.6 Å². The topological polar surface area (TPSA) is 42.2 Å². The predicted octanol–water partition coefficient (Wildman–Crippen LogP) is 6.14. The summed E-state index contributed by atoms with van der Waals surface area (Å²) in [6, 6.07) is 11.6. The average Bonchev–Trinajstić information content (AvgIpc) is 2.95. The fourth-order valence-electron chi connectivity index (χ4n) is 3.33. The van der Waals surface area contributed by atoms with Crippen molar-refractivity contribution in [3.63, 3.8) is 0 Å². The third kappa shape index (κ3) is 3.89. The van der Waals surface area contributed by atoms with E-state index in [1.165, 1.54) is 10.9 Å². The van der Waals surface area contributed by atoms with Crippen molar-refractivity contribution >= 4 is 40.1 Å². The molecule has 3 aromatic rings. The van der Waals surface area contributed by atoms with Gasteiger partial charge in [-0.05, 0) is 41.2 Å². The van der Waals surface area contributed by atoms with Gasteiger partial charge in [-0.15, -0.1) is 0 Å². The van der Waals surface area contributed by atoms with Gasteiger partial charge in [0.1, 0.15) is 0 Å². The van der Waals surface area contributed by atoms with Gasteiger partial charge in [-0.1, -0.05) is 61.3 Å². The molecule has 1 N–H and O–H groups in total. The third-order valence-electron chi connectivity index (χ3n) is 4.60. The summed E-state index contributed by atoms with van der Waals surface area (Å²) in [5.41, 5.74) is 4.36. The summed E-state index contributed by atoms with van der Waals surface area (Å²) in [7, 11) is 0. The van der Waals surface area contributed by atoms with Crippen molar-refractivity contribution in [2.24, 2.45) is 0 Å². The number of aliphatic carboxylic acids is 1. The lowest BCUT2D eigenvalue weighted by atomic mass is 9.99. The van der Waals surface area contributed by atoms with E-state index in [4.69, 9.17) is 28.3 Å². The molecule has 0 unspecified atom stereocenters. The van der Waals surface area contributed by atoms with Crippen LogP contribution in [0.15, 0.2) is 42.6 Å². The van der Waals surface area contributed by atoms with E-state index in [2.05, 4.69) is 30.7 Å². The second-order valence-electron chi connectivity index (χ2n) is 6.81. The van der Waals surface area contributed by atoms with Gasteiger partial charge < -0.3 is 9.67 Å². The first-order valence-corrected chi connectivity index (χ1v) is 9.38. The minimum Gasteiger partial charge on any atom is -0.481 e. The first kappa shape index (κ1) is 18.8. The molecule has 0 radical (unpaired) electrons. The summed E-state index contributed by atoms with van der Waals surface area (Å²) >= 11 is 12.4. The van der Waals surface area contributed by atoms with Crippen LogP contribution in [0.4, 0.5) is 0 Å². The normalized spacial score (nSPS) is 11.4. The number of benzene rings is 2. The van der Waals surface area contributed by atoms with Crippen LogP contribution in [0, 0.1) is 0 Å². The van der Waals surface area contributed by atoms with Crippen LogP contribution < -0.4 is 0 Å². The van der Waals surface area contributed by atoms with Crippen molar-refractivity contribution < 1.29 is 9.90 Å². The quantitative estimate of drug-likeness (QED) is 0.550. The molecule has 0 bridgehead atoms. The summed E-state index contributed by atoms with van der Waals surface area (Å²) in [4.78, 5) is 11.0. The summed E-state index contributed by atoms with van der Waals surface area (Å²) < 4.78 is 2.18. The lowest BCUT2D eigenvalue weighted by molar-refractivity contribution is -0.136. The van der Waals surface area contributed by atoms with Crippen molar-refractivity contribution in [2.45, 2.75) is 39.2 Å². The number of carboxylic acid groups (broad SMARTS) is 1. The van der Waals surface area contributed by atoms with E-state index in [-0.39, 0.29) is 6.42 Å². The van der Waals surface area contributed by atoms with E-state index in [1.807, 2.05) is 24.3 Å². The molecule has 0 aliphatic rings. The van der Waals surface area contributed by atoms with Crippen LogP contribution in [0.2, 0.25) is 10.0 Å².